The Labute approximate surface area is 148 Å². The van der Waals surface area contributed by atoms with Gasteiger partial charge in [-0.25, -0.2) is 8.42 Å². The molecule has 0 aliphatic carbocycles. The topological polar surface area (TPSA) is 96.8 Å². The van der Waals surface area contributed by atoms with Gasteiger partial charge in [0.1, 0.15) is 5.56 Å². The number of ether oxygens (including phenoxy) is 1. The van der Waals surface area contributed by atoms with Gasteiger partial charge in [-0.15, -0.1) is 17.5 Å². The number of halogens is 1. The summed E-state index contributed by atoms with van der Waals surface area (Å²) in [7, 11) is 0.0845. The molecule has 1 N–H and O–H groups in total. The zero-order valence-electron chi connectivity index (χ0n) is 14.1. The van der Waals surface area contributed by atoms with E-state index in [2.05, 4.69) is 15.3 Å². The van der Waals surface area contributed by atoms with Crippen molar-refractivity contribution in [2.24, 2.45) is 7.05 Å². The molecule has 1 aromatic heterocycles. The summed E-state index contributed by atoms with van der Waals surface area (Å²) in [6.45, 7) is 3.46. The molecule has 2 heterocycles. The number of nitrogens with one attached hydrogen (secondary N) is 1. The molecule has 2 rings (SSSR count). The van der Waals surface area contributed by atoms with Gasteiger partial charge in [0, 0.05) is 52.5 Å². The predicted molar refractivity (Wildman–Crippen MR) is 92.2 cm³/mol. The first kappa shape index (κ1) is 20.7. The van der Waals surface area contributed by atoms with Crippen molar-refractivity contribution in [2.75, 3.05) is 52.6 Å². The van der Waals surface area contributed by atoms with Crippen molar-refractivity contribution in [3.05, 3.63) is 11.8 Å². The smallest absolute Gasteiger partial charge is 0.258 e. The van der Waals surface area contributed by atoms with Crippen LogP contribution >= 0.6 is 12.4 Å². The van der Waals surface area contributed by atoms with E-state index in [0.29, 0.717) is 50.7 Å². The van der Waals surface area contributed by atoms with Crippen LogP contribution in [0.3, 0.4) is 0 Å². The average Bonchev–Trinajstić information content (AvgIpc) is 2.88. The normalized spacial score (nSPS) is 16.5. The number of hydrogen-bond donors (Lipinski definition) is 1. The molecule has 0 aromatic carbocycles. The van der Waals surface area contributed by atoms with E-state index in [1.54, 1.807) is 13.2 Å². The van der Waals surface area contributed by atoms with Gasteiger partial charge in [0.15, 0.2) is 0 Å². The van der Waals surface area contributed by atoms with Crippen LogP contribution in [0.1, 0.15) is 10.4 Å². The van der Waals surface area contributed by atoms with Crippen LogP contribution in [-0.2, 0) is 17.1 Å². The summed E-state index contributed by atoms with van der Waals surface area (Å²) >= 11 is 0. The van der Waals surface area contributed by atoms with Crippen LogP contribution in [-0.4, -0.2) is 85.9 Å². The lowest BCUT2D eigenvalue weighted by molar-refractivity contribution is 0.0942. The number of nitrogens with zero attached hydrogens (tertiary/aromatic N) is 4. The summed E-state index contributed by atoms with van der Waals surface area (Å²) in [6.07, 6.45) is 2.84. The summed E-state index contributed by atoms with van der Waals surface area (Å²) in [6, 6.07) is 0. The largest absolute Gasteiger partial charge is 0.479 e. The third-order valence-corrected chi connectivity index (χ3v) is 5.05. The number of methoxy groups -OCH3 is 1. The molecule has 0 atom stereocenters. The maximum atomic E-state index is 12.1. The van der Waals surface area contributed by atoms with Crippen molar-refractivity contribution >= 4 is 28.3 Å². The van der Waals surface area contributed by atoms with Crippen molar-refractivity contribution in [1.82, 2.24) is 24.3 Å². The Hall–Kier alpha value is -1.36. The lowest BCUT2D eigenvalue weighted by atomic mass is 10.3. The van der Waals surface area contributed by atoms with Gasteiger partial charge in [-0.3, -0.25) is 14.4 Å². The Morgan fingerprint density at radius 2 is 1.96 bits per heavy atom. The summed E-state index contributed by atoms with van der Waals surface area (Å²) in [4.78, 5) is 14.2. The van der Waals surface area contributed by atoms with Crippen LogP contribution in [0.2, 0.25) is 0 Å². The van der Waals surface area contributed by atoms with E-state index in [9.17, 15) is 13.2 Å². The SMILES string of the molecule is COc1nn(C)cc1C(=O)NCCN1CCN(S(C)(=O)=O)CC1.Cl. The highest BCUT2D eigenvalue weighted by Crippen LogP contribution is 2.14. The molecule has 0 radical (unpaired) electrons. The minimum absolute atomic E-state index is 0. The van der Waals surface area contributed by atoms with Crippen LogP contribution in [0.4, 0.5) is 0 Å². The fourth-order valence-electron chi connectivity index (χ4n) is 2.48. The Kier molecular flexibility index (Phi) is 7.46. The molecule has 1 fully saturated rings. The maximum absolute atomic E-state index is 12.1. The number of carbonyl (C=O) groups excluding carboxylic acids is 1. The van der Waals surface area contributed by atoms with Gasteiger partial charge in [-0.05, 0) is 0 Å². The van der Waals surface area contributed by atoms with Crippen molar-refractivity contribution in [2.45, 2.75) is 0 Å². The second-order valence-electron chi connectivity index (χ2n) is 5.49. The molecule has 11 heteroatoms. The van der Waals surface area contributed by atoms with E-state index in [4.69, 9.17) is 4.74 Å². The van der Waals surface area contributed by atoms with Gasteiger partial charge < -0.3 is 10.1 Å². The number of sulfonamides is 1. The molecule has 0 bridgehead atoms. The average molecular weight is 382 g/mol. The van der Waals surface area contributed by atoms with Gasteiger partial charge in [-0.2, -0.15) is 4.31 Å². The van der Waals surface area contributed by atoms with Gasteiger partial charge in [0.05, 0.1) is 13.4 Å². The molecule has 1 aliphatic rings. The minimum Gasteiger partial charge on any atom is -0.479 e. The summed E-state index contributed by atoms with van der Waals surface area (Å²) in [5.41, 5.74) is 0.400. The van der Waals surface area contributed by atoms with Crippen LogP contribution < -0.4 is 10.1 Å². The van der Waals surface area contributed by atoms with Crippen molar-refractivity contribution < 1.29 is 17.9 Å². The van der Waals surface area contributed by atoms with Gasteiger partial charge in [0.2, 0.25) is 15.9 Å². The van der Waals surface area contributed by atoms with Crippen molar-refractivity contribution in [3.63, 3.8) is 0 Å². The first-order valence-corrected chi connectivity index (χ1v) is 9.19. The molecule has 9 nitrogen and oxygen atoms in total. The molecule has 0 unspecified atom stereocenters. The zero-order chi connectivity index (χ0) is 17.0. The monoisotopic (exact) mass is 381 g/mol. The molecule has 1 saturated heterocycles. The third-order valence-electron chi connectivity index (χ3n) is 3.75. The standard InChI is InChI=1S/C13H23N5O4S.ClH/c1-16-10-11(13(15-16)22-2)12(19)14-4-5-17-6-8-18(9-7-17)23(3,20)21;/h10H,4-9H2,1-3H3,(H,14,19);1H. The Morgan fingerprint density at radius 1 is 1.33 bits per heavy atom. The van der Waals surface area contributed by atoms with Crippen LogP contribution in [0.15, 0.2) is 6.20 Å². The molecule has 1 aromatic rings. The number of amides is 1. The Bertz CT molecular complexity index is 655. The number of piperazine rings is 1. The highest BCUT2D eigenvalue weighted by molar-refractivity contribution is 7.88. The van der Waals surface area contributed by atoms with Crippen molar-refractivity contribution in [1.29, 1.82) is 0 Å². The Balaban J connectivity index is 0.00000288. The van der Waals surface area contributed by atoms with Crippen LogP contribution in [0, 0.1) is 0 Å². The lowest BCUT2D eigenvalue weighted by Gasteiger charge is -2.33. The van der Waals surface area contributed by atoms with Crippen molar-refractivity contribution in [3.8, 4) is 5.88 Å². The summed E-state index contributed by atoms with van der Waals surface area (Å²) in [5.74, 6) is 0.0662. The second-order valence-corrected chi connectivity index (χ2v) is 7.47. The van der Waals surface area contributed by atoms with E-state index in [1.165, 1.54) is 22.4 Å². The van der Waals surface area contributed by atoms with E-state index in [-0.39, 0.29) is 18.3 Å². The van der Waals surface area contributed by atoms with E-state index in [0.717, 1.165) is 0 Å². The van der Waals surface area contributed by atoms with Crippen LogP contribution in [0.5, 0.6) is 5.88 Å². The third kappa shape index (κ3) is 5.33. The van der Waals surface area contributed by atoms with E-state index in [1.807, 2.05) is 0 Å². The van der Waals surface area contributed by atoms with Gasteiger partial charge in [-0.1, -0.05) is 0 Å². The van der Waals surface area contributed by atoms with E-state index >= 15 is 0 Å². The molecule has 138 valence electrons. The van der Waals surface area contributed by atoms with Gasteiger partial charge >= 0.3 is 0 Å². The molecule has 0 saturated carbocycles. The Morgan fingerprint density at radius 3 is 2.50 bits per heavy atom. The van der Waals surface area contributed by atoms with Gasteiger partial charge in [0.25, 0.3) is 5.91 Å². The highest BCUT2D eigenvalue weighted by Gasteiger charge is 2.23. The number of carbonyl (C=O) groups is 1. The zero-order valence-corrected chi connectivity index (χ0v) is 15.7. The quantitative estimate of drug-likeness (QED) is 0.690. The molecule has 0 spiro atoms. The minimum atomic E-state index is -3.11. The molecular formula is C13H24ClN5O4S. The van der Waals surface area contributed by atoms with E-state index < -0.39 is 10.0 Å². The number of aromatic nitrogens is 2. The lowest BCUT2D eigenvalue weighted by Crippen LogP contribution is -2.49. The summed E-state index contributed by atoms with van der Waals surface area (Å²) in [5, 5.41) is 6.87. The first-order valence-electron chi connectivity index (χ1n) is 7.34. The predicted octanol–water partition coefficient (Wildman–Crippen LogP) is -0.842. The first-order chi connectivity index (χ1) is 10.8. The second kappa shape index (κ2) is 8.65. The molecule has 1 amide bonds. The fourth-order valence-corrected chi connectivity index (χ4v) is 3.31. The number of aryl methyl sites for hydroxylation is 1. The number of hydrogen-bond acceptors (Lipinski definition) is 6. The highest BCUT2D eigenvalue weighted by atomic mass is 35.5. The van der Waals surface area contributed by atoms with Crippen LogP contribution in [0.25, 0.3) is 0 Å². The maximum Gasteiger partial charge on any atom is 0.258 e. The number of rotatable bonds is 6. The fraction of sp³-hybridized carbons (Fsp3) is 0.692. The molecule has 1 aliphatic heterocycles. The molecule has 24 heavy (non-hydrogen) atoms. The molecular weight excluding hydrogens is 358 g/mol. The summed E-state index contributed by atoms with van der Waals surface area (Å²) < 4.78 is 31.0.